The minimum Gasteiger partial charge on any atom is -0.392 e. The Morgan fingerprint density at radius 3 is 2.50 bits per heavy atom. The molecule has 0 aliphatic heterocycles. The molecule has 0 aromatic heterocycles. The van der Waals surface area contributed by atoms with Crippen LogP contribution in [0, 0.1) is 5.92 Å². The second-order valence-electron chi connectivity index (χ2n) is 2.58. The molecule has 0 aromatic carbocycles. The van der Waals surface area contributed by atoms with E-state index in [4.69, 9.17) is 10.9 Å². The summed E-state index contributed by atoms with van der Waals surface area (Å²) in [5.74, 6) is 4.57. The highest BCUT2D eigenvalue weighted by Crippen LogP contribution is 2.04. The summed E-state index contributed by atoms with van der Waals surface area (Å²) in [6.07, 6.45) is -0.516. The molecule has 0 aliphatic carbocycles. The van der Waals surface area contributed by atoms with Crippen molar-refractivity contribution in [2.75, 3.05) is 0 Å². The van der Waals surface area contributed by atoms with Crippen LogP contribution in [0.5, 0.6) is 0 Å². The average Bonchev–Trinajstić information content (AvgIpc) is 1.87. The second kappa shape index (κ2) is 4.24. The van der Waals surface area contributed by atoms with Gasteiger partial charge in [0.05, 0.1) is 12.5 Å². The number of nitrogens with two attached hydrogens (primary N) is 1. The first-order valence-corrected chi connectivity index (χ1v) is 3.25. The molecule has 0 radical (unpaired) electrons. The Balaban J connectivity index is 3.57. The van der Waals surface area contributed by atoms with Crippen LogP contribution in [-0.2, 0) is 4.79 Å². The van der Waals surface area contributed by atoms with Gasteiger partial charge < -0.3 is 5.11 Å². The van der Waals surface area contributed by atoms with E-state index in [0.717, 1.165) is 0 Å². The molecular formula is C6H14N2O2. The van der Waals surface area contributed by atoms with E-state index in [1.54, 1.807) is 0 Å². The Labute approximate surface area is 60.4 Å². The van der Waals surface area contributed by atoms with E-state index >= 15 is 0 Å². The molecule has 0 aliphatic rings. The number of hydrogen-bond donors (Lipinski definition) is 3. The van der Waals surface area contributed by atoms with Crippen molar-refractivity contribution in [3.63, 3.8) is 0 Å². The third-order valence-corrected chi connectivity index (χ3v) is 1.33. The molecule has 4 nitrogen and oxygen atoms in total. The number of carbonyl (C=O) groups excluding carboxylic acids is 1. The van der Waals surface area contributed by atoms with Crippen LogP contribution >= 0.6 is 0 Å². The lowest BCUT2D eigenvalue weighted by Gasteiger charge is -2.12. The maximum atomic E-state index is 10.5. The van der Waals surface area contributed by atoms with Crippen molar-refractivity contribution in [3.05, 3.63) is 0 Å². The fourth-order valence-electron chi connectivity index (χ4n) is 0.485. The number of hydrogen-bond acceptors (Lipinski definition) is 3. The van der Waals surface area contributed by atoms with Gasteiger partial charge in [-0.1, -0.05) is 13.8 Å². The Morgan fingerprint density at radius 1 is 1.70 bits per heavy atom. The van der Waals surface area contributed by atoms with E-state index in [2.05, 4.69) is 0 Å². The standard InChI is InChI=1S/C6H14N2O2/c1-4(2)5(9)3-6(10)8-7/h4-5,9H,3,7H2,1-2H3,(H,8,10)/t5-/m0/s1. The van der Waals surface area contributed by atoms with Gasteiger partial charge in [0.2, 0.25) is 5.91 Å². The number of aliphatic hydroxyl groups is 1. The Kier molecular flexibility index (Phi) is 3.99. The van der Waals surface area contributed by atoms with Gasteiger partial charge in [0.1, 0.15) is 0 Å². The summed E-state index contributed by atoms with van der Waals surface area (Å²) in [6, 6.07) is 0. The normalized spacial score (nSPS) is 13.3. The first-order chi connectivity index (χ1) is 4.57. The molecule has 0 fully saturated rings. The van der Waals surface area contributed by atoms with Gasteiger partial charge in [-0.3, -0.25) is 10.2 Å². The van der Waals surface area contributed by atoms with Gasteiger partial charge in [-0.2, -0.15) is 0 Å². The third kappa shape index (κ3) is 3.42. The number of hydrazine groups is 1. The first kappa shape index (κ1) is 9.39. The molecule has 0 rings (SSSR count). The predicted molar refractivity (Wildman–Crippen MR) is 37.8 cm³/mol. The summed E-state index contributed by atoms with van der Waals surface area (Å²) in [7, 11) is 0. The maximum Gasteiger partial charge on any atom is 0.236 e. The average molecular weight is 146 g/mol. The van der Waals surface area contributed by atoms with E-state index in [9.17, 15) is 4.79 Å². The molecule has 10 heavy (non-hydrogen) atoms. The van der Waals surface area contributed by atoms with E-state index in [0.29, 0.717) is 0 Å². The highest BCUT2D eigenvalue weighted by atomic mass is 16.3. The number of rotatable bonds is 3. The largest absolute Gasteiger partial charge is 0.392 e. The van der Waals surface area contributed by atoms with Crippen molar-refractivity contribution in [1.82, 2.24) is 5.43 Å². The van der Waals surface area contributed by atoms with E-state index in [1.807, 2.05) is 19.3 Å². The molecule has 1 amide bonds. The van der Waals surface area contributed by atoms with Gasteiger partial charge in [-0.25, -0.2) is 5.84 Å². The van der Waals surface area contributed by atoms with Crippen molar-refractivity contribution in [2.24, 2.45) is 11.8 Å². The minimum atomic E-state index is -0.594. The van der Waals surface area contributed by atoms with Crippen LogP contribution in [0.3, 0.4) is 0 Å². The first-order valence-electron chi connectivity index (χ1n) is 3.25. The van der Waals surface area contributed by atoms with Crippen molar-refractivity contribution in [3.8, 4) is 0 Å². The predicted octanol–water partition coefficient (Wildman–Crippen LogP) is -0.617. The van der Waals surface area contributed by atoms with Gasteiger partial charge in [-0.15, -0.1) is 0 Å². The zero-order chi connectivity index (χ0) is 8.15. The molecule has 0 heterocycles. The van der Waals surface area contributed by atoms with E-state index < -0.39 is 6.10 Å². The lowest BCUT2D eigenvalue weighted by molar-refractivity contribution is -0.123. The molecule has 1 atom stereocenters. The topological polar surface area (TPSA) is 75.3 Å². The van der Waals surface area contributed by atoms with Crippen molar-refractivity contribution in [2.45, 2.75) is 26.4 Å². The smallest absolute Gasteiger partial charge is 0.236 e. The number of carbonyl (C=O) groups is 1. The molecule has 0 saturated heterocycles. The Morgan fingerprint density at radius 2 is 2.20 bits per heavy atom. The van der Waals surface area contributed by atoms with Crippen LogP contribution in [0.2, 0.25) is 0 Å². The Bertz CT molecular complexity index is 114. The molecular weight excluding hydrogens is 132 g/mol. The summed E-state index contributed by atoms with van der Waals surface area (Å²) >= 11 is 0. The molecule has 4 N–H and O–H groups in total. The third-order valence-electron chi connectivity index (χ3n) is 1.33. The van der Waals surface area contributed by atoms with Crippen molar-refractivity contribution >= 4 is 5.91 Å². The zero-order valence-electron chi connectivity index (χ0n) is 6.29. The van der Waals surface area contributed by atoms with Crippen molar-refractivity contribution < 1.29 is 9.90 Å². The highest BCUT2D eigenvalue weighted by molar-refractivity contribution is 5.75. The number of aliphatic hydroxyl groups excluding tert-OH is 1. The van der Waals surface area contributed by atoms with Crippen LogP contribution in [0.15, 0.2) is 0 Å². The van der Waals surface area contributed by atoms with Crippen LogP contribution in [0.25, 0.3) is 0 Å². The van der Waals surface area contributed by atoms with Gasteiger partial charge in [0.25, 0.3) is 0 Å². The molecule has 4 heteroatoms. The molecule has 0 unspecified atom stereocenters. The summed E-state index contributed by atoms with van der Waals surface area (Å²) in [6.45, 7) is 3.68. The lowest BCUT2D eigenvalue weighted by atomic mass is 10.0. The summed E-state index contributed by atoms with van der Waals surface area (Å²) < 4.78 is 0. The second-order valence-corrected chi connectivity index (χ2v) is 2.58. The van der Waals surface area contributed by atoms with Crippen LogP contribution < -0.4 is 11.3 Å². The minimum absolute atomic E-state index is 0.0775. The summed E-state index contributed by atoms with van der Waals surface area (Å²) in [4.78, 5) is 10.5. The number of amides is 1. The fraction of sp³-hybridized carbons (Fsp3) is 0.833. The van der Waals surface area contributed by atoms with Crippen LogP contribution in [-0.4, -0.2) is 17.1 Å². The SMILES string of the molecule is CC(C)[C@@H](O)CC(=O)NN. The zero-order valence-corrected chi connectivity index (χ0v) is 6.29. The van der Waals surface area contributed by atoms with Gasteiger partial charge in [0.15, 0.2) is 0 Å². The van der Waals surface area contributed by atoms with Gasteiger partial charge >= 0.3 is 0 Å². The Hall–Kier alpha value is -0.610. The lowest BCUT2D eigenvalue weighted by Crippen LogP contribution is -2.34. The highest BCUT2D eigenvalue weighted by Gasteiger charge is 2.12. The molecule has 60 valence electrons. The van der Waals surface area contributed by atoms with Crippen molar-refractivity contribution in [1.29, 1.82) is 0 Å². The van der Waals surface area contributed by atoms with Gasteiger partial charge in [0, 0.05) is 0 Å². The summed E-state index contributed by atoms with van der Waals surface area (Å²) in [5, 5.41) is 9.11. The monoisotopic (exact) mass is 146 g/mol. The van der Waals surface area contributed by atoms with E-state index in [-0.39, 0.29) is 18.2 Å². The fourth-order valence-corrected chi connectivity index (χ4v) is 0.485. The molecule has 0 spiro atoms. The molecule has 0 aromatic rings. The summed E-state index contributed by atoms with van der Waals surface area (Å²) in [5.41, 5.74) is 1.95. The van der Waals surface area contributed by atoms with E-state index in [1.165, 1.54) is 0 Å². The quantitative estimate of drug-likeness (QED) is 0.282. The number of nitrogens with one attached hydrogen (secondary N) is 1. The van der Waals surface area contributed by atoms with Crippen LogP contribution in [0.1, 0.15) is 20.3 Å². The molecule has 0 bridgehead atoms. The maximum absolute atomic E-state index is 10.5. The van der Waals surface area contributed by atoms with Gasteiger partial charge in [-0.05, 0) is 5.92 Å². The van der Waals surface area contributed by atoms with Crippen LogP contribution in [0.4, 0.5) is 0 Å². The molecule has 0 saturated carbocycles.